The molecule has 1 saturated heterocycles. The van der Waals surface area contributed by atoms with Gasteiger partial charge in [-0.05, 0) is 67.9 Å². The number of carbonyl (C=O) groups is 1. The Kier molecular flexibility index (Phi) is 6.08. The molecule has 0 N–H and O–H groups in total. The number of hydrogen-bond donors (Lipinski definition) is 0. The van der Waals surface area contributed by atoms with Crippen molar-refractivity contribution in [1.82, 2.24) is 19.6 Å². The van der Waals surface area contributed by atoms with E-state index >= 15 is 0 Å². The molecule has 0 bridgehead atoms. The van der Waals surface area contributed by atoms with Gasteiger partial charge in [0.25, 0.3) is 0 Å². The number of nitrogens with zero attached hydrogens (tertiary/aromatic N) is 4. The van der Waals surface area contributed by atoms with E-state index in [1.54, 1.807) is 12.1 Å². The molecule has 1 saturated carbocycles. The standard InChI is InChI=1S/C25H33FN4O/c26-20-9-11-21(12-10-20)30-24-8-4-7-22(24)23(27-30)18-28-13-15-29(16-14-28)25(31)17-19-5-2-1-3-6-19/h9-12,19H,1-8,13-18H2. The first kappa shape index (κ1) is 20.7. The van der Waals surface area contributed by atoms with Crippen molar-refractivity contribution in [3.8, 4) is 5.69 Å². The number of benzene rings is 1. The quantitative estimate of drug-likeness (QED) is 0.725. The zero-order valence-corrected chi connectivity index (χ0v) is 18.4. The highest BCUT2D eigenvalue weighted by atomic mass is 19.1. The molecule has 0 atom stereocenters. The molecule has 0 radical (unpaired) electrons. The van der Waals surface area contributed by atoms with E-state index in [-0.39, 0.29) is 5.82 Å². The van der Waals surface area contributed by atoms with E-state index in [1.165, 1.54) is 55.5 Å². The lowest BCUT2D eigenvalue weighted by Crippen LogP contribution is -2.48. The fourth-order valence-electron chi connectivity index (χ4n) is 5.57. The van der Waals surface area contributed by atoms with Crippen LogP contribution in [-0.4, -0.2) is 51.7 Å². The largest absolute Gasteiger partial charge is 0.340 e. The molecule has 1 amide bonds. The van der Waals surface area contributed by atoms with Gasteiger partial charge >= 0.3 is 0 Å². The lowest BCUT2D eigenvalue weighted by molar-refractivity contribution is -0.134. The highest BCUT2D eigenvalue weighted by molar-refractivity contribution is 5.76. The number of aromatic nitrogens is 2. The van der Waals surface area contributed by atoms with Crippen LogP contribution in [0, 0.1) is 11.7 Å². The van der Waals surface area contributed by atoms with Gasteiger partial charge in [-0.2, -0.15) is 5.10 Å². The smallest absolute Gasteiger partial charge is 0.222 e. The molecular formula is C25H33FN4O. The lowest BCUT2D eigenvalue weighted by Gasteiger charge is -2.35. The summed E-state index contributed by atoms with van der Waals surface area (Å²) in [5, 5.41) is 4.93. The Morgan fingerprint density at radius 2 is 1.71 bits per heavy atom. The number of fused-ring (bicyclic) bond motifs is 1. The van der Waals surface area contributed by atoms with Gasteiger partial charge in [0, 0.05) is 44.8 Å². The zero-order chi connectivity index (χ0) is 21.2. The van der Waals surface area contributed by atoms with Crippen molar-refractivity contribution in [3.63, 3.8) is 0 Å². The molecule has 31 heavy (non-hydrogen) atoms. The summed E-state index contributed by atoms with van der Waals surface area (Å²) >= 11 is 0. The third-order valence-corrected chi connectivity index (χ3v) is 7.37. The Morgan fingerprint density at radius 3 is 2.45 bits per heavy atom. The van der Waals surface area contributed by atoms with Crippen molar-refractivity contribution in [2.75, 3.05) is 26.2 Å². The third-order valence-electron chi connectivity index (χ3n) is 7.37. The van der Waals surface area contributed by atoms with Crippen LogP contribution >= 0.6 is 0 Å². The van der Waals surface area contributed by atoms with Gasteiger partial charge in [0.1, 0.15) is 5.82 Å². The summed E-state index contributed by atoms with van der Waals surface area (Å²) in [6.07, 6.45) is 10.4. The highest BCUT2D eigenvalue weighted by Crippen LogP contribution is 2.29. The maximum atomic E-state index is 13.3. The molecule has 2 heterocycles. The molecule has 1 aliphatic heterocycles. The van der Waals surface area contributed by atoms with Crippen LogP contribution < -0.4 is 0 Å². The normalized spacial score (nSPS) is 20.2. The van der Waals surface area contributed by atoms with Crippen LogP contribution in [0.3, 0.4) is 0 Å². The highest BCUT2D eigenvalue weighted by Gasteiger charge is 2.27. The van der Waals surface area contributed by atoms with Crippen LogP contribution in [0.1, 0.15) is 61.9 Å². The molecule has 5 nitrogen and oxygen atoms in total. The SMILES string of the molecule is O=C(CC1CCCCC1)N1CCN(Cc2nn(-c3ccc(F)cc3)c3c2CCC3)CC1. The molecule has 1 aromatic heterocycles. The van der Waals surface area contributed by atoms with Gasteiger partial charge in [0.2, 0.25) is 5.91 Å². The van der Waals surface area contributed by atoms with E-state index in [2.05, 4.69) is 9.80 Å². The monoisotopic (exact) mass is 424 g/mol. The van der Waals surface area contributed by atoms with E-state index in [4.69, 9.17) is 5.10 Å². The number of carbonyl (C=O) groups excluding carboxylic acids is 1. The number of amides is 1. The minimum absolute atomic E-state index is 0.219. The van der Waals surface area contributed by atoms with Gasteiger partial charge in [-0.3, -0.25) is 9.69 Å². The van der Waals surface area contributed by atoms with Gasteiger partial charge < -0.3 is 4.90 Å². The summed E-state index contributed by atoms with van der Waals surface area (Å²) in [6, 6.07) is 6.62. The van der Waals surface area contributed by atoms with Crippen LogP contribution in [0.15, 0.2) is 24.3 Å². The maximum absolute atomic E-state index is 13.3. The molecule has 6 heteroatoms. The van der Waals surface area contributed by atoms with Crippen LogP contribution in [0.2, 0.25) is 0 Å². The maximum Gasteiger partial charge on any atom is 0.222 e. The summed E-state index contributed by atoms with van der Waals surface area (Å²) in [5.74, 6) is 0.744. The second kappa shape index (κ2) is 9.11. The Hall–Kier alpha value is -2.21. The van der Waals surface area contributed by atoms with Crippen molar-refractivity contribution >= 4 is 5.91 Å². The van der Waals surface area contributed by atoms with Gasteiger partial charge in [-0.25, -0.2) is 9.07 Å². The van der Waals surface area contributed by atoms with Crippen LogP contribution in [0.25, 0.3) is 5.69 Å². The molecular weight excluding hydrogens is 391 g/mol. The first-order valence-corrected chi connectivity index (χ1v) is 12.0. The fourth-order valence-corrected chi connectivity index (χ4v) is 5.57. The van der Waals surface area contributed by atoms with E-state index in [0.29, 0.717) is 11.8 Å². The Morgan fingerprint density at radius 1 is 0.968 bits per heavy atom. The average Bonchev–Trinajstić information content (AvgIpc) is 3.40. The van der Waals surface area contributed by atoms with E-state index in [1.807, 2.05) is 4.68 Å². The lowest BCUT2D eigenvalue weighted by atomic mass is 9.86. The molecule has 0 unspecified atom stereocenters. The van der Waals surface area contributed by atoms with Crippen molar-refractivity contribution in [2.45, 2.75) is 64.3 Å². The second-order valence-corrected chi connectivity index (χ2v) is 9.48. The van der Waals surface area contributed by atoms with Crippen molar-refractivity contribution in [3.05, 3.63) is 47.0 Å². The fraction of sp³-hybridized carbons (Fsp3) is 0.600. The van der Waals surface area contributed by atoms with Crippen molar-refractivity contribution in [2.24, 2.45) is 5.92 Å². The summed E-state index contributed by atoms with van der Waals surface area (Å²) < 4.78 is 15.4. The summed E-state index contributed by atoms with van der Waals surface area (Å²) in [6.45, 7) is 4.31. The number of halogens is 1. The van der Waals surface area contributed by atoms with Crippen molar-refractivity contribution < 1.29 is 9.18 Å². The second-order valence-electron chi connectivity index (χ2n) is 9.48. The van der Waals surface area contributed by atoms with E-state index in [0.717, 1.165) is 69.8 Å². The molecule has 2 aromatic rings. The van der Waals surface area contributed by atoms with Gasteiger partial charge in [0.15, 0.2) is 0 Å². The topological polar surface area (TPSA) is 41.4 Å². The molecule has 1 aromatic carbocycles. The average molecular weight is 425 g/mol. The predicted octanol–water partition coefficient (Wildman–Crippen LogP) is 4.11. The predicted molar refractivity (Wildman–Crippen MR) is 119 cm³/mol. The summed E-state index contributed by atoms with van der Waals surface area (Å²) in [4.78, 5) is 17.2. The molecule has 166 valence electrons. The van der Waals surface area contributed by atoms with Crippen molar-refractivity contribution in [1.29, 1.82) is 0 Å². The van der Waals surface area contributed by atoms with Crippen LogP contribution in [0.5, 0.6) is 0 Å². The molecule has 2 fully saturated rings. The Bertz CT molecular complexity index is 908. The number of piperazine rings is 1. The molecule has 2 aliphatic carbocycles. The number of rotatable bonds is 5. The van der Waals surface area contributed by atoms with E-state index in [9.17, 15) is 9.18 Å². The molecule has 0 spiro atoms. The first-order chi connectivity index (χ1) is 15.2. The number of hydrogen-bond acceptors (Lipinski definition) is 3. The molecule has 5 rings (SSSR count). The van der Waals surface area contributed by atoms with E-state index < -0.39 is 0 Å². The van der Waals surface area contributed by atoms with Crippen LogP contribution in [0.4, 0.5) is 4.39 Å². The van der Waals surface area contributed by atoms with Gasteiger partial charge in [-0.15, -0.1) is 0 Å². The third kappa shape index (κ3) is 4.54. The summed E-state index contributed by atoms with van der Waals surface area (Å²) in [7, 11) is 0. The molecule has 3 aliphatic rings. The first-order valence-electron chi connectivity index (χ1n) is 12.0. The summed E-state index contributed by atoms with van der Waals surface area (Å²) in [5.41, 5.74) is 4.74. The Labute approximate surface area is 184 Å². The van der Waals surface area contributed by atoms with Gasteiger partial charge in [0.05, 0.1) is 11.4 Å². The Balaban J connectivity index is 1.20. The van der Waals surface area contributed by atoms with Gasteiger partial charge in [-0.1, -0.05) is 19.3 Å². The van der Waals surface area contributed by atoms with Crippen LogP contribution in [-0.2, 0) is 24.2 Å². The zero-order valence-electron chi connectivity index (χ0n) is 18.4. The minimum Gasteiger partial charge on any atom is -0.340 e. The minimum atomic E-state index is -0.219.